The number of benzene rings is 1. The number of aromatic nitrogens is 7. The predicted octanol–water partition coefficient (Wildman–Crippen LogP) is 3.30. The van der Waals surface area contributed by atoms with Crippen LogP contribution in [0.5, 0.6) is 0 Å². The molecule has 0 saturated carbocycles. The van der Waals surface area contributed by atoms with Gasteiger partial charge in [-0.3, -0.25) is 14.5 Å². The van der Waals surface area contributed by atoms with Crippen LogP contribution in [0.1, 0.15) is 51.0 Å². The average Bonchev–Trinajstić information content (AvgIpc) is 3.43. The molecule has 0 fully saturated rings. The van der Waals surface area contributed by atoms with Crippen LogP contribution in [-0.4, -0.2) is 41.1 Å². The fraction of sp³-hybridized carbons (Fsp3) is 0.435. The molecule has 0 spiro atoms. The Morgan fingerprint density at radius 2 is 1.97 bits per heavy atom. The molecule has 0 amide bonds. The van der Waals surface area contributed by atoms with Gasteiger partial charge in [-0.1, -0.05) is 63.9 Å². The number of H-pyrrole nitrogens is 1. The Bertz CT molecular complexity index is 1210. The van der Waals surface area contributed by atoms with E-state index in [1.54, 1.807) is 22.7 Å². The lowest BCUT2D eigenvalue weighted by molar-refractivity contribution is 0.435. The molecule has 1 aromatic carbocycles. The fourth-order valence-electron chi connectivity index (χ4n) is 3.99. The topological polar surface area (TPSA) is 97.5 Å². The van der Waals surface area contributed by atoms with Crippen molar-refractivity contribution in [2.75, 3.05) is 11.4 Å². The van der Waals surface area contributed by atoms with Crippen LogP contribution in [0.4, 0.5) is 5.95 Å². The third-order valence-corrected chi connectivity index (χ3v) is 5.79. The van der Waals surface area contributed by atoms with Gasteiger partial charge in [-0.2, -0.15) is 10.2 Å². The number of aryl methyl sites for hydroxylation is 2. The number of fused-ring (bicyclic) bond motifs is 1. The lowest BCUT2D eigenvalue weighted by Gasteiger charge is -2.34. The van der Waals surface area contributed by atoms with E-state index in [0.717, 1.165) is 30.5 Å². The van der Waals surface area contributed by atoms with Crippen LogP contribution in [0.2, 0.25) is 0 Å². The van der Waals surface area contributed by atoms with Crippen molar-refractivity contribution >= 4 is 17.0 Å². The van der Waals surface area contributed by atoms with Gasteiger partial charge in [0.1, 0.15) is 18.2 Å². The van der Waals surface area contributed by atoms with E-state index >= 15 is 0 Å². The minimum absolute atomic E-state index is 0.193. The molecule has 0 bridgehead atoms. The lowest BCUT2D eigenvalue weighted by Crippen LogP contribution is -2.39. The second-order valence-electron chi connectivity index (χ2n) is 8.23. The summed E-state index contributed by atoms with van der Waals surface area (Å²) in [4.78, 5) is 27.4. The van der Waals surface area contributed by atoms with E-state index in [1.165, 1.54) is 6.33 Å². The summed E-state index contributed by atoms with van der Waals surface area (Å²) in [5.74, 6) is 0.882. The van der Waals surface area contributed by atoms with E-state index in [1.807, 2.05) is 18.2 Å². The Balaban J connectivity index is 1.92. The Morgan fingerprint density at radius 3 is 2.62 bits per heavy atom. The number of nitrogens with zero attached hydrogens (tertiary/aromatic N) is 7. The Labute approximate surface area is 187 Å². The molecular formula is C23H30N8O. The van der Waals surface area contributed by atoms with Crippen LogP contribution in [0, 0.1) is 5.92 Å². The summed E-state index contributed by atoms with van der Waals surface area (Å²) in [6.07, 6.45) is 5.61. The largest absolute Gasteiger partial charge is 0.316 e. The fourth-order valence-corrected chi connectivity index (χ4v) is 3.99. The Hall–Kier alpha value is -3.49. The Morgan fingerprint density at radius 1 is 1.19 bits per heavy atom. The summed E-state index contributed by atoms with van der Waals surface area (Å²) in [7, 11) is 1.79. The van der Waals surface area contributed by atoms with Crippen LogP contribution in [0.15, 0.2) is 47.8 Å². The first-order chi connectivity index (χ1) is 15.5. The average molecular weight is 435 g/mol. The van der Waals surface area contributed by atoms with E-state index < -0.39 is 0 Å². The molecular weight excluding hydrogens is 404 g/mol. The molecule has 0 aliphatic rings. The molecule has 3 aromatic heterocycles. The second-order valence-corrected chi connectivity index (χ2v) is 8.23. The molecule has 0 saturated heterocycles. The van der Waals surface area contributed by atoms with Crippen molar-refractivity contribution < 1.29 is 0 Å². The lowest BCUT2D eigenvalue weighted by atomic mass is 10.1. The number of rotatable bonds is 9. The molecule has 0 aliphatic heterocycles. The van der Waals surface area contributed by atoms with Crippen LogP contribution in [0.25, 0.3) is 11.0 Å². The molecule has 9 heteroatoms. The molecule has 168 valence electrons. The number of aromatic amines is 1. The first-order valence-corrected chi connectivity index (χ1v) is 11.1. The summed E-state index contributed by atoms with van der Waals surface area (Å²) in [6.45, 7) is 7.14. The SMILES string of the molecule is CCCc1nn(C)c2c(=O)[nH]c(N(CC(C)CC)C(c3ccccc3)n3cncn3)nc12. The molecule has 4 rings (SSSR count). The van der Waals surface area contributed by atoms with E-state index in [4.69, 9.17) is 4.98 Å². The van der Waals surface area contributed by atoms with E-state index in [2.05, 4.69) is 58.0 Å². The second kappa shape index (κ2) is 9.33. The summed E-state index contributed by atoms with van der Waals surface area (Å²) < 4.78 is 3.43. The zero-order valence-corrected chi connectivity index (χ0v) is 19.1. The number of hydrogen-bond acceptors (Lipinski definition) is 6. The van der Waals surface area contributed by atoms with Crippen LogP contribution in [-0.2, 0) is 13.5 Å². The van der Waals surface area contributed by atoms with Gasteiger partial charge in [-0.05, 0) is 17.9 Å². The first kappa shape index (κ1) is 21.7. The van der Waals surface area contributed by atoms with Crippen LogP contribution < -0.4 is 10.5 Å². The predicted molar refractivity (Wildman–Crippen MR) is 125 cm³/mol. The van der Waals surface area contributed by atoms with Gasteiger partial charge < -0.3 is 4.90 Å². The highest BCUT2D eigenvalue weighted by molar-refractivity contribution is 5.78. The van der Waals surface area contributed by atoms with Crippen molar-refractivity contribution in [3.63, 3.8) is 0 Å². The highest BCUT2D eigenvalue weighted by Crippen LogP contribution is 2.28. The van der Waals surface area contributed by atoms with Gasteiger partial charge in [0.2, 0.25) is 5.95 Å². The van der Waals surface area contributed by atoms with Gasteiger partial charge in [0, 0.05) is 13.6 Å². The molecule has 0 radical (unpaired) electrons. The van der Waals surface area contributed by atoms with Gasteiger partial charge in [0.15, 0.2) is 11.7 Å². The van der Waals surface area contributed by atoms with Crippen molar-refractivity contribution in [1.29, 1.82) is 0 Å². The van der Waals surface area contributed by atoms with E-state index in [-0.39, 0.29) is 11.7 Å². The smallest absolute Gasteiger partial charge is 0.278 e. The monoisotopic (exact) mass is 434 g/mol. The van der Waals surface area contributed by atoms with Crippen molar-refractivity contribution in [3.05, 3.63) is 64.6 Å². The van der Waals surface area contributed by atoms with Crippen molar-refractivity contribution in [2.24, 2.45) is 13.0 Å². The molecule has 1 N–H and O–H groups in total. The number of nitrogens with one attached hydrogen (secondary N) is 1. The van der Waals surface area contributed by atoms with Crippen molar-refractivity contribution in [2.45, 2.75) is 46.2 Å². The Kier molecular flexibility index (Phi) is 6.34. The molecule has 9 nitrogen and oxygen atoms in total. The zero-order chi connectivity index (χ0) is 22.7. The summed E-state index contributed by atoms with van der Waals surface area (Å²) in [6, 6.07) is 10.1. The minimum Gasteiger partial charge on any atom is -0.316 e. The molecule has 3 heterocycles. The van der Waals surface area contributed by atoms with Crippen LogP contribution >= 0.6 is 0 Å². The first-order valence-electron chi connectivity index (χ1n) is 11.1. The van der Waals surface area contributed by atoms with Gasteiger partial charge in [-0.15, -0.1) is 0 Å². The number of anilines is 1. The van der Waals surface area contributed by atoms with Gasteiger partial charge in [0.25, 0.3) is 5.56 Å². The highest BCUT2D eigenvalue weighted by Gasteiger charge is 2.28. The summed E-state index contributed by atoms with van der Waals surface area (Å²) in [5, 5.41) is 8.99. The maximum absolute atomic E-state index is 13.1. The molecule has 4 aromatic rings. The van der Waals surface area contributed by atoms with Crippen molar-refractivity contribution in [3.8, 4) is 0 Å². The van der Waals surface area contributed by atoms with Gasteiger partial charge in [0.05, 0.1) is 5.69 Å². The summed E-state index contributed by atoms with van der Waals surface area (Å²) >= 11 is 0. The normalized spacial score (nSPS) is 13.4. The minimum atomic E-state index is -0.306. The zero-order valence-electron chi connectivity index (χ0n) is 19.1. The standard InChI is InChI=1S/C23H30N8O/c1-5-10-18-19-20(29(4)28-18)21(32)27-23(26-19)30(13-16(3)6-2)22(31-15-24-14-25-31)17-11-8-7-9-12-17/h7-9,11-12,14-16,22H,5-6,10,13H2,1-4H3,(H,26,27,32). The number of hydrogen-bond donors (Lipinski definition) is 1. The summed E-state index contributed by atoms with van der Waals surface area (Å²) in [5.41, 5.74) is 2.84. The van der Waals surface area contributed by atoms with E-state index in [9.17, 15) is 4.79 Å². The quantitative estimate of drug-likeness (QED) is 0.434. The molecule has 2 atom stereocenters. The molecule has 0 aliphatic carbocycles. The van der Waals surface area contributed by atoms with Crippen LogP contribution in [0.3, 0.4) is 0 Å². The third kappa shape index (κ3) is 4.15. The van der Waals surface area contributed by atoms with Gasteiger partial charge in [-0.25, -0.2) is 14.6 Å². The maximum Gasteiger partial charge on any atom is 0.278 e. The maximum atomic E-state index is 13.1. The van der Waals surface area contributed by atoms with Gasteiger partial charge >= 0.3 is 0 Å². The highest BCUT2D eigenvalue weighted by atomic mass is 16.1. The van der Waals surface area contributed by atoms with Crippen molar-refractivity contribution in [1.82, 2.24) is 34.5 Å². The van der Waals surface area contributed by atoms with E-state index in [0.29, 0.717) is 29.4 Å². The molecule has 32 heavy (non-hydrogen) atoms. The third-order valence-electron chi connectivity index (χ3n) is 5.79. The molecule has 2 unspecified atom stereocenters.